The molecule has 1 unspecified atom stereocenters. The number of nitrogens with one attached hydrogen (secondary N) is 1. The molecule has 1 nitrogen and oxygen atoms in total. The third-order valence-corrected chi connectivity index (χ3v) is 2.10. The van der Waals surface area contributed by atoms with E-state index < -0.39 is 0 Å². The molecule has 1 aliphatic heterocycles. The summed E-state index contributed by atoms with van der Waals surface area (Å²) in [5.74, 6) is -0.159. The Morgan fingerprint density at radius 2 is 1.83 bits per heavy atom. The molecule has 1 fully saturated rings. The van der Waals surface area contributed by atoms with Gasteiger partial charge in [0.1, 0.15) is 5.82 Å². The summed E-state index contributed by atoms with van der Waals surface area (Å²) in [4.78, 5) is 0. The summed E-state index contributed by atoms with van der Waals surface area (Å²) in [7, 11) is 0. The number of rotatable bonds is 1. The zero-order chi connectivity index (χ0) is 7.68. The predicted octanol–water partition coefficient (Wildman–Crippen LogP) is 2.28. The van der Waals surface area contributed by atoms with Crippen molar-refractivity contribution in [3.05, 3.63) is 35.6 Å². The normalized spacial score (nSPS) is 20.9. The first-order valence-electron chi connectivity index (χ1n) is 3.85. The maximum absolute atomic E-state index is 12.5. The Bertz CT molecular complexity index is 243. The summed E-state index contributed by atoms with van der Waals surface area (Å²) in [5.41, 5.74) is 1.19. The fourth-order valence-electron chi connectivity index (χ4n) is 1.27. The molecule has 3 heteroatoms. The molecule has 0 aliphatic carbocycles. The molecule has 1 aliphatic rings. The second kappa shape index (κ2) is 3.87. The Labute approximate surface area is 77.4 Å². The van der Waals surface area contributed by atoms with E-state index in [1.165, 1.54) is 24.1 Å². The van der Waals surface area contributed by atoms with Gasteiger partial charge in [-0.1, -0.05) is 12.1 Å². The average molecular weight is 188 g/mol. The Morgan fingerprint density at radius 1 is 1.25 bits per heavy atom. The lowest BCUT2D eigenvalue weighted by atomic mass is 9.98. The smallest absolute Gasteiger partial charge is 0.123 e. The molecule has 0 spiro atoms. The summed E-state index contributed by atoms with van der Waals surface area (Å²) >= 11 is 0. The summed E-state index contributed by atoms with van der Waals surface area (Å²) < 4.78 is 12.5. The zero-order valence-corrected chi connectivity index (χ0v) is 7.40. The van der Waals surface area contributed by atoms with Gasteiger partial charge in [0.15, 0.2) is 0 Å². The van der Waals surface area contributed by atoms with Crippen LogP contribution in [0.25, 0.3) is 0 Å². The molecule has 0 aromatic heterocycles. The van der Waals surface area contributed by atoms with Crippen molar-refractivity contribution >= 4 is 12.4 Å². The number of hydrogen-bond donors (Lipinski definition) is 1. The number of hydrogen-bond acceptors (Lipinski definition) is 1. The van der Waals surface area contributed by atoms with Crippen LogP contribution in [0, 0.1) is 5.82 Å². The van der Waals surface area contributed by atoms with Crippen LogP contribution in [0.2, 0.25) is 0 Å². The van der Waals surface area contributed by atoms with Crippen LogP contribution in [0.1, 0.15) is 18.0 Å². The van der Waals surface area contributed by atoms with E-state index >= 15 is 0 Å². The van der Waals surface area contributed by atoms with Crippen molar-refractivity contribution in [2.45, 2.75) is 12.5 Å². The van der Waals surface area contributed by atoms with Gasteiger partial charge in [-0.3, -0.25) is 0 Å². The second-order valence-electron chi connectivity index (χ2n) is 2.85. The molecule has 66 valence electrons. The maximum atomic E-state index is 12.5. The van der Waals surface area contributed by atoms with Gasteiger partial charge in [0.05, 0.1) is 0 Å². The molecule has 0 radical (unpaired) electrons. The van der Waals surface area contributed by atoms with Crippen LogP contribution in [-0.2, 0) is 0 Å². The summed E-state index contributed by atoms with van der Waals surface area (Å²) in [6.07, 6.45) is 1.17. The summed E-state index contributed by atoms with van der Waals surface area (Å²) in [6, 6.07) is 7.17. The maximum Gasteiger partial charge on any atom is 0.123 e. The molecular weight excluding hydrogens is 177 g/mol. The number of halogens is 2. The lowest BCUT2D eigenvalue weighted by molar-refractivity contribution is 0.383. The highest BCUT2D eigenvalue weighted by Crippen LogP contribution is 2.22. The van der Waals surface area contributed by atoms with Gasteiger partial charge in [0.2, 0.25) is 0 Å². The molecule has 1 saturated heterocycles. The highest BCUT2D eigenvalue weighted by molar-refractivity contribution is 5.85. The van der Waals surface area contributed by atoms with Crippen molar-refractivity contribution in [1.29, 1.82) is 0 Å². The van der Waals surface area contributed by atoms with Crippen molar-refractivity contribution < 1.29 is 4.39 Å². The Kier molecular flexibility index (Phi) is 3.06. The van der Waals surface area contributed by atoms with Crippen molar-refractivity contribution in [3.8, 4) is 0 Å². The zero-order valence-electron chi connectivity index (χ0n) is 6.59. The molecular formula is C9H11ClFN. The fourth-order valence-corrected chi connectivity index (χ4v) is 1.27. The van der Waals surface area contributed by atoms with Gasteiger partial charge in [-0.2, -0.15) is 0 Å². The van der Waals surface area contributed by atoms with Gasteiger partial charge in [-0.15, -0.1) is 12.4 Å². The van der Waals surface area contributed by atoms with Gasteiger partial charge in [0, 0.05) is 6.04 Å². The van der Waals surface area contributed by atoms with E-state index in [9.17, 15) is 4.39 Å². The standard InChI is InChI=1S/C9H10FN.ClH/c10-8-3-1-7(2-4-8)9-5-6-11-9;/h1-4,9,11H,5-6H2;1H. The number of benzene rings is 1. The summed E-state index contributed by atoms with van der Waals surface area (Å²) in [6.45, 7) is 1.09. The van der Waals surface area contributed by atoms with Gasteiger partial charge >= 0.3 is 0 Å². The van der Waals surface area contributed by atoms with Crippen LogP contribution in [0.15, 0.2) is 24.3 Å². The van der Waals surface area contributed by atoms with E-state index in [0.717, 1.165) is 6.54 Å². The molecule has 1 atom stereocenters. The quantitative estimate of drug-likeness (QED) is 0.712. The average Bonchev–Trinajstić information content (AvgIpc) is 1.90. The van der Waals surface area contributed by atoms with E-state index in [-0.39, 0.29) is 18.2 Å². The van der Waals surface area contributed by atoms with Crippen LogP contribution in [-0.4, -0.2) is 6.54 Å². The van der Waals surface area contributed by atoms with Crippen LogP contribution in [0.4, 0.5) is 4.39 Å². The molecule has 1 heterocycles. The predicted molar refractivity (Wildman–Crippen MR) is 49.0 cm³/mol. The van der Waals surface area contributed by atoms with E-state index in [0.29, 0.717) is 6.04 Å². The molecule has 0 saturated carbocycles. The van der Waals surface area contributed by atoms with Crippen LogP contribution in [0.3, 0.4) is 0 Å². The van der Waals surface area contributed by atoms with E-state index in [1.807, 2.05) is 12.1 Å². The Hall–Kier alpha value is -0.600. The Balaban J connectivity index is 0.000000720. The van der Waals surface area contributed by atoms with E-state index in [4.69, 9.17) is 0 Å². The molecule has 1 N–H and O–H groups in total. The lowest BCUT2D eigenvalue weighted by Crippen LogP contribution is -2.34. The first kappa shape index (κ1) is 9.49. The minimum Gasteiger partial charge on any atom is -0.310 e. The highest BCUT2D eigenvalue weighted by Gasteiger charge is 2.17. The van der Waals surface area contributed by atoms with Crippen molar-refractivity contribution in [2.75, 3.05) is 6.54 Å². The van der Waals surface area contributed by atoms with Crippen molar-refractivity contribution in [3.63, 3.8) is 0 Å². The molecule has 12 heavy (non-hydrogen) atoms. The van der Waals surface area contributed by atoms with Crippen molar-refractivity contribution in [1.82, 2.24) is 5.32 Å². The first-order valence-corrected chi connectivity index (χ1v) is 3.85. The minimum absolute atomic E-state index is 0. The van der Waals surface area contributed by atoms with Crippen molar-refractivity contribution in [2.24, 2.45) is 0 Å². The molecule has 0 bridgehead atoms. The Morgan fingerprint density at radius 3 is 2.25 bits per heavy atom. The molecule has 2 rings (SSSR count). The lowest BCUT2D eigenvalue weighted by Gasteiger charge is -2.27. The van der Waals surface area contributed by atoms with Crippen LogP contribution in [0.5, 0.6) is 0 Å². The second-order valence-corrected chi connectivity index (χ2v) is 2.85. The fraction of sp³-hybridized carbons (Fsp3) is 0.333. The largest absolute Gasteiger partial charge is 0.310 e. The minimum atomic E-state index is -0.159. The SMILES string of the molecule is Cl.Fc1ccc(C2CCN2)cc1. The van der Waals surface area contributed by atoms with Crippen LogP contribution >= 0.6 is 12.4 Å². The third kappa shape index (κ3) is 1.76. The highest BCUT2D eigenvalue weighted by atomic mass is 35.5. The molecule has 0 amide bonds. The van der Waals surface area contributed by atoms with Gasteiger partial charge in [0.25, 0.3) is 0 Å². The van der Waals surface area contributed by atoms with E-state index in [2.05, 4.69) is 5.32 Å². The molecule has 1 aromatic carbocycles. The van der Waals surface area contributed by atoms with E-state index in [1.54, 1.807) is 0 Å². The van der Waals surface area contributed by atoms with Gasteiger partial charge < -0.3 is 5.32 Å². The molecule has 1 aromatic rings. The van der Waals surface area contributed by atoms with Gasteiger partial charge in [-0.05, 0) is 30.7 Å². The first-order chi connectivity index (χ1) is 5.36. The van der Waals surface area contributed by atoms with Crippen LogP contribution < -0.4 is 5.32 Å². The summed E-state index contributed by atoms with van der Waals surface area (Å²) in [5, 5.41) is 3.26. The topological polar surface area (TPSA) is 12.0 Å². The monoisotopic (exact) mass is 187 g/mol. The van der Waals surface area contributed by atoms with Gasteiger partial charge in [-0.25, -0.2) is 4.39 Å². The third-order valence-electron chi connectivity index (χ3n) is 2.10.